The van der Waals surface area contributed by atoms with Gasteiger partial charge >= 0.3 is 0 Å². The highest BCUT2D eigenvalue weighted by Gasteiger charge is 2.00. The molecule has 4 N–H and O–H groups in total. The van der Waals surface area contributed by atoms with Crippen molar-refractivity contribution in [3.05, 3.63) is 18.2 Å². The lowest BCUT2D eigenvalue weighted by Gasteiger charge is -2.09. The molecule has 0 spiro atoms. The van der Waals surface area contributed by atoms with E-state index < -0.39 is 0 Å². The van der Waals surface area contributed by atoms with Crippen LogP contribution >= 0.6 is 0 Å². The van der Waals surface area contributed by atoms with Crippen LogP contribution in [0.5, 0.6) is 5.75 Å². The molecule has 0 saturated carbocycles. The summed E-state index contributed by atoms with van der Waals surface area (Å²) in [6.45, 7) is 1.91. The van der Waals surface area contributed by atoms with E-state index in [0.717, 1.165) is 18.7 Å². The van der Waals surface area contributed by atoms with Crippen LogP contribution in [0, 0.1) is 0 Å². The summed E-state index contributed by atoms with van der Waals surface area (Å²) >= 11 is 0. The molecule has 0 aromatic heterocycles. The Hall–Kier alpha value is -1.46. The number of methoxy groups -OCH3 is 1. The minimum absolute atomic E-state index is 0.0720. The molecule has 5 heteroatoms. The monoisotopic (exact) mass is 240 g/mol. The largest absolute Gasteiger partial charge is 0.495 e. The quantitative estimate of drug-likeness (QED) is 0.468. The van der Waals surface area contributed by atoms with Crippen LogP contribution in [0.1, 0.15) is 6.42 Å². The molecule has 1 rings (SSSR count). The lowest BCUT2D eigenvalue weighted by atomic mass is 10.2. The van der Waals surface area contributed by atoms with E-state index in [2.05, 4.69) is 5.32 Å². The number of hydrogen-bond donors (Lipinski definition) is 3. The Balaban J connectivity index is 2.27. The summed E-state index contributed by atoms with van der Waals surface area (Å²) in [5, 5.41) is 11.8. The highest BCUT2D eigenvalue weighted by Crippen LogP contribution is 2.24. The SMILES string of the molecule is COc1cc(NCCCOCCO)ccc1N. The van der Waals surface area contributed by atoms with Crippen LogP contribution in [0.2, 0.25) is 0 Å². The third-order valence-electron chi connectivity index (χ3n) is 2.26. The normalized spacial score (nSPS) is 10.2. The first-order chi connectivity index (χ1) is 8.27. The molecule has 5 nitrogen and oxygen atoms in total. The molecule has 1 aromatic rings. The molecule has 17 heavy (non-hydrogen) atoms. The van der Waals surface area contributed by atoms with Gasteiger partial charge in [-0.05, 0) is 18.6 Å². The third-order valence-corrected chi connectivity index (χ3v) is 2.26. The number of nitrogens with one attached hydrogen (secondary N) is 1. The van der Waals surface area contributed by atoms with Gasteiger partial charge in [-0.3, -0.25) is 0 Å². The Morgan fingerprint density at radius 2 is 2.18 bits per heavy atom. The summed E-state index contributed by atoms with van der Waals surface area (Å²) in [5.74, 6) is 0.673. The van der Waals surface area contributed by atoms with Crippen molar-refractivity contribution < 1.29 is 14.6 Å². The molecule has 1 aromatic carbocycles. The first-order valence-corrected chi connectivity index (χ1v) is 5.64. The molecule has 0 fully saturated rings. The summed E-state index contributed by atoms with van der Waals surface area (Å²) in [6.07, 6.45) is 0.882. The molecular weight excluding hydrogens is 220 g/mol. The zero-order chi connectivity index (χ0) is 12.5. The van der Waals surface area contributed by atoms with Gasteiger partial charge in [-0.15, -0.1) is 0 Å². The third kappa shape index (κ3) is 4.93. The van der Waals surface area contributed by atoms with Crippen molar-refractivity contribution in [2.24, 2.45) is 0 Å². The Morgan fingerprint density at radius 1 is 1.35 bits per heavy atom. The van der Waals surface area contributed by atoms with E-state index in [4.69, 9.17) is 20.3 Å². The van der Waals surface area contributed by atoms with Crippen LogP contribution in [0.3, 0.4) is 0 Å². The van der Waals surface area contributed by atoms with Gasteiger partial charge in [0.2, 0.25) is 0 Å². The molecule has 0 unspecified atom stereocenters. The Kier molecular flexibility index (Phi) is 6.21. The van der Waals surface area contributed by atoms with Crippen molar-refractivity contribution in [3.63, 3.8) is 0 Å². The van der Waals surface area contributed by atoms with E-state index in [-0.39, 0.29) is 6.61 Å². The number of nitrogens with two attached hydrogens (primary N) is 1. The zero-order valence-electron chi connectivity index (χ0n) is 10.1. The van der Waals surface area contributed by atoms with Crippen LogP contribution < -0.4 is 15.8 Å². The van der Waals surface area contributed by atoms with Gasteiger partial charge in [0.05, 0.1) is 26.0 Å². The molecule has 0 heterocycles. The van der Waals surface area contributed by atoms with Gasteiger partial charge in [0.15, 0.2) is 0 Å². The molecule has 96 valence electrons. The van der Waals surface area contributed by atoms with Gasteiger partial charge < -0.3 is 25.6 Å². The first kappa shape index (κ1) is 13.6. The average Bonchev–Trinajstić information content (AvgIpc) is 2.35. The van der Waals surface area contributed by atoms with Gasteiger partial charge in [-0.1, -0.05) is 0 Å². The highest BCUT2D eigenvalue weighted by atomic mass is 16.5. The summed E-state index contributed by atoms with van der Waals surface area (Å²) < 4.78 is 10.3. The number of nitrogen functional groups attached to an aromatic ring is 1. The van der Waals surface area contributed by atoms with Gasteiger partial charge in [0.25, 0.3) is 0 Å². The molecule has 0 bridgehead atoms. The fourth-order valence-corrected chi connectivity index (χ4v) is 1.39. The molecule has 0 aliphatic carbocycles. The van der Waals surface area contributed by atoms with Crippen LogP contribution in [-0.4, -0.2) is 38.6 Å². The van der Waals surface area contributed by atoms with E-state index in [1.807, 2.05) is 18.2 Å². The van der Waals surface area contributed by atoms with E-state index in [1.165, 1.54) is 0 Å². The van der Waals surface area contributed by atoms with Crippen molar-refractivity contribution in [1.82, 2.24) is 0 Å². The second-order valence-electron chi connectivity index (χ2n) is 3.57. The lowest BCUT2D eigenvalue weighted by molar-refractivity contribution is 0.0922. The minimum atomic E-state index is 0.0720. The van der Waals surface area contributed by atoms with E-state index in [1.54, 1.807) is 7.11 Å². The number of aliphatic hydroxyl groups excluding tert-OH is 1. The maximum Gasteiger partial charge on any atom is 0.143 e. The fraction of sp³-hybridized carbons (Fsp3) is 0.500. The number of rotatable bonds is 8. The van der Waals surface area contributed by atoms with Crippen molar-refractivity contribution in [1.29, 1.82) is 0 Å². The molecular formula is C12H20N2O3. The van der Waals surface area contributed by atoms with Gasteiger partial charge in [-0.25, -0.2) is 0 Å². The van der Waals surface area contributed by atoms with Crippen LogP contribution in [0.15, 0.2) is 18.2 Å². The summed E-state index contributed by atoms with van der Waals surface area (Å²) in [7, 11) is 1.60. The Morgan fingerprint density at radius 3 is 2.88 bits per heavy atom. The summed E-state index contributed by atoms with van der Waals surface area (Å²) in [5.41, 5.74) is 7.31. The number of aliphatic hydroxyl groups is 1. The van der Waals surface area contributed by atoms with E-state index >= 15 is 0 Å². The molecule has 0 radical (unpaired) electrons. The van der Waals surface area contributed by atoms with Crippen molar-refractivity contribution in [3.8, 4) is 5.75 Å². The predicted octanol–water partition coefficient (Wildman–Crippen LogP) is 1.09. The van der Waals surface area contributed by atoms with Gasteiger partial charge in [-0.2, -0.15) is 0 Å². The van der Waals surface area contributed by atoms with Crippen LogP contribution in [-0.2, 0) is 4.74 Å². The Bertz CT molecular complexity index is 332. The van der Waals surface area contributed by atoms with Crippen molar-refractivity contribution in [2.75, 3.05) is 44.5 Å². The van der Waals surface area contributed by atoms with E-state index in [9.17, 15) is 0 Å². The number of benzene rings is 1. The van der Waals surface area contributed by atoms with Gasteiger partial charge in [0, 0.05) is 24.9 Å². The van der Waals surface area contributed by atoms with Crippen LogP contribution in [0.4, 0.5) is 11.4 Å². The highest BCUT2D eigenvalue weighted by molar-refractivity contribution is 5.61. The number of anilines is 2. The minimum Gasteiger partial charge on any atom is -0.495 e. The predicted molar refractivity (Wildman–Crippen MR) is 68.4 cm³/mol. The van der Waals surface area contributed by atoms with Crippen LogP contribution in [0.25, 0.3) is 0 Å². The Labute approximate surface area is 102 Å². The fourth-order valence-electron chi connectivity index (χ4n) is 1.39. The second kappa shape index (κ2) is 7.76. The second-order valence-corrected chi connectivity index (χ2v) is 3.57. The summed E-state index contributed by atoms with van der Waals surface area (Å²) in [4.78, 5) is 0. The average molecular weight is 240 g/mol. The molecule has 0 amide bonds. The van der Waals surface area contributed by atoms with Crippen molar-refractivity contribution >= 4 is 11.4 Å². The number of ether oxygens (including phenoxy) is 2. The summed E-state index contributed by atoms with van der Waals surface area (Å²) in [6, 6.07) is 5.58. The van der Waals surface area contributed by atoms with Gasteiger partial charge in [0.1, 0.15) is 5.75 Å². The smallest absolute Gasteiger partial charge is 0.143 e. The maximum atomic E-state index is 8.52. The number of hydrogen-bond acceptors (Lipinski definition) is 5. The standard InChI is InChI=1S/C12H20N2O3/c1-16-12-9-10(3-4-11(12)13)14-5-2-7-17-8-6-15/h3-4,9,14-15H,2,5-8,13H2,1H3. The maximum absolute atomic E-state index is 8.52. The molecule has 0 atom stereocenters. The first-order valence-electron chi connectivity index (χ1n) is 5.64. The molecule has 0 aliphatic heterocycles. The topological polar surface area (TPSA) is 76.7 Å². The molecule has 0 aliphatic rings. The van der Waals surface area contributed by atoms with Crippen molar-refractivity contribution in [2.45, 2.75) is 6.42 Å². The lowest BCUT2D eigenvalue weighted by Crippen LogP contribution is -2.07. The zero-order valence-corrected chi connectivity index (χ0v) is 10.1. The molecule has 0 saturated heterocycles. The van der Waals surface area contributed by atoms with E-state index in [0.29, 0.717) is 24.7 Å².